The fourth-order valence-electron chi connectivity index (χ4n) is 1.05. The average molecular weight is 187 g/mol. The summed E-state index contributed by atoms with van der Waals surface area (Å²) in [7, 11) is 1.57. The number of rotatable bonds is 2. The van der Waals surface area contributed by atoms with Crippen molar-refractivity contribution in [1.29, 1.82) is 0 Å². The number of hydrogen-bond donors (Lipinski definition) is 0. The van der Waals surface area contributed by atoms with Gasteiger partial charge in [-0.05, 0) is 24.9 Å². The van der Waals surface area contributed by atoms with Crippen molar-refractivity contribution in [2.24, 2.45) is 0 Å². The van der Waals surface area contributed by atoms with E-state index in [0.717, 1.165) is 17.7 Å². The molecule has 0 aliphatic rings. The zero-order chi connectivity index (χ0) is 9.14. The Bertz CT molecular complexity index is 263. The monoisotopic (exact) mass is 186 g/mol. The molecule has 0 amide bonds. The van der Waals surface area contributed by atoms with E-state index in [4.69, 9.17) is 16.3 Å². The number of aryl methyl sites for hydroxylation is 1. The van der Waals surface area contributed by atoms with E-state index < -0.39 is 0 Å². The van der Waals surface area contributed by atoms with Crippen molar-refractivity contribution in [2.75, 3.05) is 7.11 Å². The maximum atomic E-state index is 5.68. The number of halogens is 1. The van der Waals surface area contributed by atoms with Crippen LogP contribution in [0.3, 0.4) is 0 Å². The Morgan fingerprint density at radius 2 is 2.08 bits per heavy atom. The van der Waals surface area contributed by atoms with Crippen LogP contribution in [0.4, 0.5) is 0 Å². The molecule has 1 aromatic heterocycles. The molecular formula is C8H11ClN2O. The molecule has 66 valence electrons. The van der Waals surface area contributed by atoms with Crippen molar-refractivity contribution < 1.29 is 4.74 Å². The van der Waals surface area contributed by atoms with Gasteiger partial charge in [0.1, 0.15) is 0 Å². The maximum Gasteiger partial charge on any atom is 0.225 e. The van der Waals surface area contributed by atoms with E-state index in [2.05, 4.69) is 9.97 Å². The number of aromatic nitrogens is 2. The van der Waals surface area contributed by atoms with Crippen molar-refractivity contribution in [3.05, 3.63) is 16.5 Å². The molecule has 0 saturated carbocycles. The third-order valence-corrected chi connectivity index (χ3v) is 1.87. The first-order valence-corrected chi connectivity index (χ1v) is 4.13. The summed E-state index contributed by atoms with van der Waals surface area (Å²) in [5.74, 6) is 0.562. The lowest BCUT2D eigenvalue weighted by atomic mass is 10.2. The SMILES string of the molecule is CCc1nc(Cl)nc(OC)c1C. The summed E-state index contributed by atoms with van der Waals surface area (Å²) >= 11 is 5.68. The molecule has 0 atom stereocenters. The topological polar surface area (TPSA) is 35.0 Å². The molecule has 12 heavy (non-hydrogen) atoms. The van der Waals surface area contributed by atoms with Crippen LogP contribution in [0.15, 0.2) is 0 Å². The highest BCUT2D eigenvalue weighted by Gasteiger charge is 2.07. The van der Waals surface area contributed by atoms with E-state index in [0.29, 0.717) is 5.88 Å². The highest BCUT2D eigenvalue weighted by molar-refractivity contribution is 6.28. The predicted octanol–water partition coefficient (Wildman–Crippen LogP) is 2.01. The van der Waals surface area contributed by atoms with Crippen molar-refractivity contribution in [3.8, 4) is 5.88 Å². The second kappa shape index (κ2) is 3.72. The van der Waals surface area contributed by atoms with Gasteiger partial charge < -0.3 is 4.74 Å². The van der Waals surface area contributed by atoms with Crippen LogP contribution in [-0.4, -0.2) is 17.1 Å². The van der Waals surface area contributed by atoms with E-state index in [1.54, 1.807) is 7.11 Å². The van der Waals surface area contributed by atoms with Crippen molar-refractivity contribution in [2.45, 2.75) is 20.3 Å². The lowest BCUT2D eigenvalue weighted by Crippen LogP contribution is -1.99. The number of nitrogens with zero attached hydrogens (tertiary/aromatic N) is 2. The Morgan fingerprint density at radius 1 is 1.42 bits per heavy atom. The summed E-state index contributed by atoms with van der Waals surface area (Å²) in [5.41, 5.74) is 1.90. The van der Waals surface area contributed by atoms with Crippen molar-refractivity contribution in [3.63, 3.8) is 0 Å². The van der Waals surface area contributed by atoms with Gasteiger partial charge in [-0.15, -0.1) is 0 Å². The maximum absolute atomic E-state index is 5.68. The Kier molecular flexibility index (Phi) is 2.87. The molecule has 0 radical (unpaired) electrons. The van der Waals surface area contributed by atoms with Crippen LogP contribution in [0.1, 0.15) is 18.2 Å². The van der Waals surface area contributed by atoms with Crippen LogP contribution in [0.5, 0.6) is 5.88 Å². The number of methoxy groups -OCH3 is 1. The quantitative estimate of drug-likeness (QED) is 0.663. The van der Waals surface area contributed by atoms with Gasteiger partial charge in [-0.1, -0.05) is 6.92 Å². The van der Waals surface area contributed by atoms with Crippen molar-refractivity contribution in [1.82, 2.24) is 9.97 Å². The van der Waals surface area contributed by atoms with Gasteiger partial charge in [-0.25, -0.2) is 4.98 Å². The third-order valence-electron chi connectivity index (χ3n) is 1.70. The zero-order valence-corrected chi connectivity index (χ0v) is 8.14. The number of hydrogen-bond acceptors (Lipinski definition) is 3. The molecule has 4 heteroatoms. The second-order valence-electron chi connectivity index (χ2n) is 2.43. The fraction of sp³-hybridized carbons (Fsp3) is 0.500. The van der Waals surface area contributed by atoms with Crippen LogP contribution in [0.2, 0.25) is 5.28 Å². The summed E-state index contributed by atoms with van der Waals surface area (Å²) < 4.78 is 5.03. The molecule has 0 aromatic carbocycles. The van der Waals surface area contributed by atoms with Crippen LogP contribution in [-0.2, 0) is 6.42 Å². The van der Waals surface area contributed by atoms with Gasteiger partial charge >= 0.3 is 0 Å². The lowest BCUT2D eigenvalue weighted by molar-refractivity contribution is 0.392. The van der Waals surface area contributed by atoms with Gasteiger partial charge in [0.05, 0.1) is 12.8 Å². The highest BCUT2D eigenvalue weighted by atomic mass is 35.5. The molecule has 0 spiro atoms. The first-order chi connectivity index (χ1) is 5.69. The largest absolute Gasteiger partial charge is 0.481 e. The van der Waals surface area contributed by atoms with Gasteiger partial charge in [0.2, 0.25) is 11.2 Å². The van der Waals surface area contributed by atoms with E-state index >= 15 is 0 Å². The van der Waals surface area contributed by atoms with Gasteiger partial charge in [0.25, 0.3) is 0 Å². The summed E-state index contributed by atoms with van der Waals surface area (Å²) in [6.45, 7) is 3.94. The van der Waals surface area contributed by atoms with Crippen LogP contribution < -0.4 is 4.74 Å². The summed E-state index contributed by atoms with van der Waals surface area (Å²) in [6, 6.07) is 0. The predicted molar refractivity (Wildman–Crippen MR) is 47.7 cm³/mol. The first kappa shape index (κ1) is 9.26. The van der Waals surface area contributed by atoms with E-state index in [1.165, 1.54) is 0 Å². The van der Waals surface area contributed by atoms with Crippen LogP contribution >= 0.6 is 11.6 Å². The minimum absolute atomic E-state index is 0.245. The minimum Gasteiger partial charge on any atom is -0.481 e. The molecule has 1 heterocycles. The molecule has 0 bridgehead atoms. The average Bonchev–Trinajstić information content (AvgIpc) is 2.08. The van der Waals surface area contributed by atoms with Gasteiger partial charge in [0.15, 0.2) is 0 Å². The van der Waals surface area contributed by atoms with Gasteiger partial charge in [-0.2, -0.15) is 4.98 Å². The van der Waals surface area contributed by atoms with E-state index in [-0.39, 0.29) is 5.28 Å². The normalized spacial score (nSPS) is 10.0. The molecule has 1 rings (SSSR count). The lowest BCUT2D eigenvalue weighted by Gasteiger charge is -2.06. The Balaban J connectivity index is 3.22. The minimum atomic E-state index is 0.245. The zero-order valence-electron chi connectivity index (χ0n) is 7.39. The Hall–Kier alpha value is -0.830. The third kappa shape index (κ3) is 1.67. The standard InChI is InChI=1S/C8H11ClN2O/c1-4-6-5(2)7(12-3)11-8(9)10-6/h4H2,1-3H3. The second-order valence-corrected chi connectivity index (χ2v) is 2.77. The molecule has 3 nitrogen and oxygen atoms in total. The summed E-state index contributed by atoms with van der Waals surface area (Å²) in [5, 5.41) is 0.245. The van der Waals surface area contributed by atoms with Crippen molar-refractivity contribution >= 4 is 11.6 Å². The Labute approximate surface area is 76.7 Å². The van der Waals surface area contributed by atoms with E-state index in [9.17, 15) is 0 Å². The summed E-state index contributed by atoms with van der Waals surface area (Å²) in [4.78, 5) is 8.01. The first-order valence-electron chi connectivity index (χ1n) is 3.76. The number of ether oxygens (including phenoxy) is 1. The molecule has 0 aliphatic carbocycles. The highest BCUT2D eigenvalue weighted by Crippen LogP contribution is 2.19. The molecule has 0 unspecified atom stereocenters. The fourth-order valence-corrected chi connectivity index (χ4v) is 1.23. The van der Waals surface area contributed by atoms with Crippen LogP contribution in [0, 0.1) is 6.92 Å². The molecule has 0 aliphatic heterocycles. The Morgan fingerprint density at radius 3 is 2.58 bits per heavy atom. The van der Waals surface area contributed by atoms with Crippen LogP contribution in [0.25, 0.3) is 0 Å². The molecule has 0 N–H and O–H groups in total. The van der Waals surface area contributed by atoms with Gasteiger partial charge in [0, 0.05) is 5.56 Å². The molecule has 1 aromatic rings. The molecule has 0 saturated heterocycles. The van der Waals surface area contributed by atoms with Gasteiger partial charge in [-0.3, -0.25) is 0 Å². The smallest absolute Gasteiger partial charge is 0.225 e. The summed E-state index contributed by atoms with van der Waals surface area (Å²) in [6.07, 6.45) is 0.838. The molecule has 0 fully saturated rings. The molecular weight excluding hydrogens is 176 g/mol. The van der Waals surface area contributed by atoms with E-state index in [1.807, 2.05) is 13.8 Å².